The third-order valence-corrected chi connectivity index (χ3v) is 7.88. The zero-order chi connectivity index (χ0) is 18.2. The zero-order valence-corrected chi connectivity index (χ0v) is 16.3. The summed E-state index contributed by atoms with van der Waals surface area (Å²) in [5, 5.41) is 4.32. The number of hydrogen-bond donors (Lipinski definition) is 0. The second-order valence-corrected chi connectivity index (χ2v) is 9.55. The first-order chi connectivity index (χ1) is 11.8. The van der Waals surface area contributed by atoms with Crippen LogP contribution >= 0.6 is 0 Å². The van der Waals surface area contributed by atoms with Crippen molar-refractivity contribution in [3.63, 3.8) is 0 Å². The number of sulfonamides is 1. The first-order valence-electron chi connectivity index (χ1n) is 9.43. The Morgan fingerprint density at radius 2 is 1.64 bits per heavy atom. The lowest BCUT2D eigenvalue weighted by Crippen LogP contribution is -2.38. The van der Waals surface area contributed by atoms with E-state index in [0.717, 1.165) is 38.5 Å². The molecule has 0 spiro atoms. The lowest BCUT2D eigenvalue weighted by molar-refractivity contribution is 0.0781. The van der Waals surface area contributed by atoms with Gasteiger partial charge >= 0.3 is 0 Å². The summed E-state index contributed by atoms with van der Waals surface area (Å²) in [6, 6.07) is 0. The van der Waals surface area contributed by atoms with E-state index in [0.29, 0.717) is 30.4 Å². The topological polar surface area (TPSA) is 72.3 Å². The van der Waals surface area contributed by atoms with Crippen molar-refractivity contribution >= 4 is 15.9 Å². The van der Waals surface area contributed by atoms with Crippen LogP contribution in [0.2, 0.25) is 0 Å². The van der Waals surface area contributed by atoms with E-state index in [1.807, 2.05) is 0 Å². The van der Waals surface area contributed by atoms with Gasteiger partial charge in [-0.3, -0.25) is 4.79 Å². The van der Waals surface area contributed by atoms with E-state index in [-0.39, 0.29) is 16.7 Å². The van der Waals surface area contributed by atoms with Crippen LogP contribution in [0, 0.1) is 25.7 Å². The minimum Gasteiger partial charge on any atom is -0.272 e. The minimum absolute atomic E-state index is 0.0295. The maximum absolute atomic E-state index is 13.1. The second-order valence-electron chi connectivity index (χ2n) is 7.67. The van der Waals surface area contributed by atoms with E-state index < -0.39 is 10.0 Å². The normalized spacial score (nSPS) is 21.6. The maximum Gasteiger partial charge on any atom is 0.250 e. The molecule has 1 aromatic rings. The van der Waals surface area contributed by atoms with Crippen LogP contribution in [0.5, 0.6) is 0 Å². The average Bonchev–Trinajstić information content (AvgIpc) is 2.90. The molecule has 0 unspecified atom stereocenters. The van der Waals surface area contributed by atoms with Crippen molar-refractivity contribution < 1.29 is 13.2 Å². The van der Waals surface area contributed by atoms with Crippen LogP contribution in [0.1, 0.15) is 68.1 Å². The smallest absolute Gasteiger partial charge is 0.250 e. The summed E-state index contributed by atoms with van der Waals surface area (Å²) < 4.78 is 29.1. The molecule has 7 heteroatoms. The van der Waals surface area contributed by atoms with Crippen molar-refractivity contribution in [3.05, 3.63) is 11.4 Å². The van der Waals surface area contributed by atoms with Crippen LogP contribution in [0.4, 0.5) is 0 Å². The van der Waals surface area contributed by atoms with E-state index in [9.17, 15) is 13.2 Å². The number of rotatable bonds is 3. The highest BCUT2D eigenvalue weighted by Crippen LogP contribution is 2.30. The average molecular weight is 368 g/mol. The Morgan fingerprint density at radius 3 is 2.24 bits per heavy atom. The van der Waals surface area contributed by atoms with Crippen molar-refractivity contribution in [1.82, 2.24) is 14.1 Å². The van der Waals surface area contributed by atoms with Gasteiger partial charge in [-0.1, -0.05) is 26.2 Å². The van der Waals surface area contributed by atoms with Crippen molar-refractivity contribution in [1.29, 1.82) is 0 Å². The van der Waals surface area contributed by atoms with Crippen LogP contribution in [0.3, 0.4) is 0 Å². The molecule has 1 aliphatic heterocycles. The highest BCUT2D eigenvalue weighted by molar-refractivity contribution is 7.89. The molecule has 0 bridgehead atoms. The Labute approximate surface area is 150 Å². The molecular formula is C18H29N3O3S. The van der Waals surface area contributed by atoms with Crippen molar-refractivity contribution in [2.45, 2.75) is 70.6 Å². The molecule has 3 rings (SSSR count). The van der Waals surface area contributed by atoms with Crippen molar-refractivity contribution in [2.24, 2.45) is 11.8 Å². The quantitative estimate of drug-likeness (QED) is 0.823. The number of carbonyl (C=O) groups excluding carboxylic acids is 1. The molecule has 1 saturated carbocycles. The number of hydrogen-bond acceptors (Lipinski definition) is 4. The number of aromatic nitrogens is 2. The van der Waals surface area contributed by atoms with Crippen LogP contribution in [-0.4, -0.2) is 41.5 Å². The van der Waals surface area contributed by atoms with Crippen LogP contribution < -0.4 is 0 Å². The fraction of sp³-hybridized carbons (Fsp3) is 0.778. The number of carbonyl (C=O) groups is 1. The molecule has 1 aromatic heterocycles. The standard InChI is InChI=1S/C18H29N3O3S/c1-13-9-11-20(12-10-13)25(23,24)17-14(2)19-21(15(17)3)18(22)16-7-5-4-6-8-16/h13,16H,4-12H2,1-3H3. The van der Waals surface area contributed by atoms with Crippen LogP contribution in [-0.2, 0) is 10.0 Å². The molecule has 0 aromatic carbocycles. The molecule has 6 nitrogen and oxygen atoms in total. The Morgan fingerprint density at radius 1 is 1.04 bits per heavy atom. The molecule has 2 heterocycles. The highest BCUT2D eigenvalue weighted by atomic mass is 32.2. The zero-order valence-electron chi connectivity index (χ0n) is 15.5. The van der Waals surface area contributed by atoms with E-state index in [4.69, 9.17) is 0 Å². The third kappa shape index (κ3) is 3.53. The van der Waals surface area contributed by atoms with E-state index in [1.54, 1.807) is 18.2 Å². The summed E-state index contributed by atoms with van der Waals surface area (Å²) >= 11 is 0. The predicted molar refractivity (Wildman–Crippen MR) is 96.1 cm³/mol. The predicted octanol–water partition coefficient (Wildman–Crippen LogP) is 3.14. The van der Waals surface area contributed by atoms with Gasteiger partial charge in [0, 0.05) is 19.0 Å². The van der Waals surface area contributed by atoms with E-state index in [2.05, 4.69) is 12.0 Å². The molecule has 2 fully saturated rings. The maximum atomic E-state index is 13.1. The first-order valence-corrected chi connectivity index (χ1v) is 10.9. The molecule has 1 aliphatic carbocycles. The summed E-state index contributed by atoms with van der Waals surface area (Å²) in [5.41, 5.74) is 0.895. The van der Waals surface area contributed by atoms with Crippen molar-refractivity contribution in [2.75, 3.05) is 13.1 Å². The molecule has 0 atom stereocenters. The third-order valence-electron chi connectivity index (χ3n) is 5.73. The largest absolute Gasteiger partial charge is 0.272 e. The van der Waals surface area contributed by atoms with Gasteiger partial charge < -0.3 is 0 Å². The highest BCUT2D eigenvalue weighted by Gasteiger charge is 2.35. The summed E-state index contributed by atoms with van der Waals surface area (Å²) in [5.74, 6) is 0.483. The van der Waals surface area contributed by atoms with Crippen LogP contribution in [0.15, 0.2) is 4.90 Å². The summed E-state index contributed by atoms with van der Waals surface area (Å²) in [4.78, 5) is 13.1. The fourth-order valence-electron chi connectivity index (χ4n) is 4.09. The Kier molecular flexibility index (Phi) is 5.34. The van der Waals surface area contributed by atoms with Gasteiger partial charge in [0.1, 0.15) is 4.90 Å². The van der Waals surface area contributed by atoms with E-state index in [1.165, 1.54) is 11.1 Å². The Hall–Kier alpha value is -1.21. The Balaban J connectivity index is 1.90. The molecule has 1 saturated heterocycles. The summed E-state index contributed by atoms with van der Waals surface area (Å²) in [6.45, 7) is 6.65. The van der Waals surface area contributed by atoms with Gasteiger partial charge in [-0.25, -0.2) is 13.1 Å². The molecule has 25 heavy (non-hydrogen) atoms. The van der Waals surface area contributed by atoms with Crippen molar-refractivity contribution in [3.8, 4) is 0 Å². The SMILES string of the molecule is Cc1nn(C(=O)C2CCCCC2)c(C)c1S(=O)(=O)N1CCC(C)CC1. The van der Waals surface area contributed by atoms with Gasteiger partial charge in [-0.05, 0) is 45.4 Å². The van der Waals surface area contributed by atoms with Gasteiger partial charge in [0.25, 0.3) is 0 Å². The van der Waals surface area contributed by atoms with Gasteiger partial charge in [0.2, 0.25) is 15.9 Å². The molecule has 0 N–H and O–H groups in total. The minimum atomic E-state index is -3.59. The van der Waals surface area contributed by atoms with Gasteiger partial charge in [-0.2, -0.15) is 9.40 Å². The molecule has 140 valence electrons. The number of piperidine rings is 1. The second kappa shape index (κ2) is 7.19. The summed E-state index contributed by atoms with van der Waals surface area (Å²) in [7, 11) is -3.59. The first kappa shape index (κ1) is 18.6. The van der Waals surface area contributed by atoms with E-state index >= 15 is 0 Å². The number of nitrogens with zero attached hydrogens (tertiary/aromatic N) is 3. The Bertz CT molecular complexity index is 740. The lowest BCUT2D eigenvalue weighted by atomic mass is 9.89. The van der Waals surface area contributed by atoms with Gasteiger partial charge in [0.05, 0.1) is 11.4 Å². The monoisotopic (exact) mass is 367 g/mol. The molecular weight excluding hydrogens is 338 g/mol. The number of aryl methyl sites for hydroxylation is 1. The molecule has 0 amide bonds. The summed E-state index contributed by atoms with van der Waals surface area (Å²) in [6.07, 6.45) is 6.82. The van der Waals surface area contributed by atoms with Crippen LogP contribution in [0.25, 0.3) is 0 Å². The van der Waals surface area contributed by atoms with Gasteiger partial charge in [-0.15, -0.1) is 0 Å². The molecule has 0 radical (unpaired) electrons. The fourth-order valence-corrected chi connectivity index (χ4v) is 5.92. The molecule has 2 aliphatic rings. The lowest BCUT2D eigenvalue weighted by Gasteiger charge is -2.29. The van der Waals surface area contributed by atoms with Gasteiger partial charge in [0.15, 0.2) is 0 Å².